The maximum atomic E-state index is 11.7. The van der Waals surface area contributed by atoms with Crippen LogP contribution < -0.4 is 10.1 Å². The summed E-state index contributed by atoms with van der Waals surface area (Å²) < 4.78 is 5.54. The molecule has 2 N–H and O–H groups in total. The molecule has 4 nitrogen and oxygen atoms in total. The van der Waals surface area contributed by atoms with Gasteiger partial charge in [0.05, 0.1) is 6.61 Å². The van der Waals surface area contributed by atoms with Gasteiger partial charge in [0, 0.05) is 13.0 Å². The van der Waals surface area contributed by atoms with Crippen molar-refractivity contribution in [3.05, 3.63) is 60.2 Å². The number of rotatable bonds is 8. The molecule has 2 aromatic rings. The molecule has 0 saturated heterocycles. The molecule has 0 aliphatic heterocycles. The van der Waals surface area contributed by atoms with Crippen molar-refractivity contribution >= 4 is 5.91 Å². The molecule has 0 aliphatic rings. The number of phenols is 1. The minimum Gasteiger partial charge on any atom is -0.508 e. The molecule has 0 radical (unpaired) electrons. The summed E-state index contributed by atoms with van der Waals surface area (Å²) in [6.07, 6.45) is 1.91. The van der Waals surface area contributed by atoms with Crippen molar-refractivity contribution in [2.24, 2.45) is 0 Å². The lowest BCUT2D eigenvalue weighted by Crippen LogP contribution is -2.25. The fourth-order valence-corrected chi connectivity index (χ4v) is 2.04. The van der Waals surface area contributed by atoms with Crippen LogP contribution in [0.2, 0.25) is 0 Å². The quantitative estimate of drug-likeness (QED) is 0.737. The molecule has 0 fully saturated rings. The van der Waals surface area contributed by atoms with Crippen LogP contribution in [0.15, 0.2) is 54.6 Å². The van der Waals surface area contributed by atoms with Gasteiger partial charge in [0.25, 0.3) is 0 Å². The first-order valence-electron chi connectivity index (χ1n) is 7.46. The van der Waals surface area contributed by atoms with Gasteiger partial charge in [0.1, 0.15) is 11.5 Å². The van der Waals surface area contributed by atoms with E-state index in [9.17, 15) is 9.90 Å². The number of amides is 1. The minimum atomic E-state index is 0.0374. The fourth-order valence-electron chi connectivity index (χ4n) is 2.04. The molecule has 0 unspecified atom stereocenters. The summed E-state index contributed by atoms with van der Waals surface area (Å²) in [6, 6.07) is 16.6. The highest BCUT2D eigenvalue weighted by atomic mass is 16.5. The number of phenolic OH excluding ortho intramolecular Hbond substituents is 1. The second kappa shape index (κ2) is 8.72. The number of benzene rings is 2. The zero-order valence-corrected chi connectivity index (χ0v) is 12.5. The zero-order valence-electron chi connectivity index (χ0n) is 12.5. The molecule has 2 rings (SSSR count). The van der Waals surface area contributed by atoms with Gasteiger partial charge in [-0.3, -0.25) is 4.79 Å². The Kier molecular flexibility index (Phi) is 6.30. The molecular weight excluding hydrogens is 278 g/mol. The van der Waals surface area contributed by atoms with Crippen molar-refractivity contribution in [1.29, 1.82) is 0 Å². The summed E-state index contributed by atoms with van der Waals surface area (Å²) in [5.41, 5.74) is 1.09. The Labute approximate surface area is 130 Å². The van der Waals surface area contributed by atoms with E-state index in [1.54, 1.807) is 12.1 Å². The van der Waals surface area contributed by atoms with Crippen molar-refractivity contribution in [2.45, 2.75) is 19.3 Å². The number of para-hydroxylation sites is 1. The van der Waals surface area contributed by atoms with E-state index in [0.29, 0.717) is 26.0 Å². The van der Waals surface area contributed by atoms with Crippen molar-refractivity contribution in [2.75, 3.05) is 13.2 Å². The van der Waals surface area contributed by atoms with Crippen LogP contribution in [0.1, 0.15) is 18.4 Å². The zero-order chi connectivity index (χ0) is 15.6. The molecule has 2 aromatic carbocycles. The molecule has 0 atom stereocenters. The van der Waals surface area contributed by atoms with Crippen molar-refractivity contribution in [3.8, 4) is 11.5 Å². The third kappa shape index (κ3) is 5.87. The highest BCUT2D eigenvalue weighted by Gasteiger charge is 2.01. The largest absolute Gasteiger partial charge is 0.508 e. The van der Waals surface area contributed by atoms with Gasteiger partial charge in [0.2, 0.25) is 5.91 Å². The molecule has 0 heterocycles. The monoisotopic (exact) mass is 299 g/mol. The standard InChI is InChI=1S/C18H21NO3/c20-16-10-8-15(9-11-16)12-13-19-18(21)7-4-14-22-17-5-2-1-3-6-17/h1-3,5-6,8-11,20H,4,7,12-14H2,(H,19,21). The van der Waals surface area contributed by atoms with Crippen molar-refractivity contribution < 1.29 is 14.6 Å². The Bertz CT molecular complexity index is 567. The van der Waals surface area contributed by atoms with Gasteiger partial charge in [-0.2, -0.15) is 0 Å². The Morgan fingerprint density at radius 3 is 2.50 bits per heavy atom. The number of carbonyl (C=O) groups excluding carboxylic acids is 1. The molecule has 1 amide bonds. The normalized spacial score (nSPS) is 10.2. The number of ether oxygens (including phenoxy) is 1. The SMILES string of the molecule is O=C(CCCOc1ccccc1)NCCc1ccc(O)cc1. The summed E-state index contributed by atoms with van der Waals surface area (Å²) in [7, 11) is 0. The first-order chi connectivity index (χ1) is 10.7. The maximum absolute atomic E-state index is 11.7. The molecule has 0 spiro atoms. The first-order valence-corrected chi connectivity index (χ1v) is 7.46. The lowest BCUT2D eigenvalue weighted by molar-refractivity contribution is -0.121. The van der Waals surface area contributed by atoms with Crippen LogP contribution >= 0.6 is 0 Å². The average molecular weight is 299 g/mol. The van der Waals surface area contributed by atoms with Crippen LogP contribution in [0, 0.1) is 0 Å². The van der Waals surface area contributed by atoms with Crippen LogP contribution in [-0.4, -0.2) is 24.2 Å². The summed E-state index contributed by atoms with van der Waals surface area (Å²) >= 11 is 0. The average Bonchev–Trinajstić information content (AvgIpc) is 2.54. The van der Waals surface area contributed by atoms with Gasteiger partial charge < -0.3 is 15.2 Å². The van der Waals surface area contributed by atoms with Crippen LogP contribution in [-0.2, 0) is 11.2 Å². The molecule has 4 heteroatoms. The van der Waals surface area contributed by atoms with E-state index >= 15 is 0 Å². The van der Waals surface area contributed by atoms with Gasteiger partial charge in [0.15, 0.2) is 0 Å². The summed E-state index contributed by atoms with van der Waals surface area (Å²) in [5, 5.41) is 12.1. The predicted molar refractivity (Wildman–Crippen MR) is 86.0 cm³/mol. The molecule has 22 heavy (non-hydrogen) atoms. The van der Waals surface area contributed by atoms with Gasteiger partial charge in [-0.05, 0) is 42.7 Å². The minimum absolute atomic E-state index is 0.0374. The molecule has 116 valence electrons. The van der Waals surface area contributed by atoms with Gasteiger partial charge in [-0.1, -0.05) is 30.3 Å². The lowest BCUT2D eigenvalue weighted by Gasteiger charge is -2.07. The van der Waals surface area contributed by atoms with Gasteiger partial charge in [-0.25, -0.2) is 0 Å². The van der Waals surface area contributed by atoms with Crippen LogP contribution in [0.25, 0.3) is 0 Å². The smallest absolute Gasteiger partial charge is 0.220 e. The highest BCUT2D eigenvalue weighted by molar-refractivity contribution is 5.75. The van der Waals surface area contributed by atoms with E-state index < -0.39 is 0 Å². The highest BCUT2D eigenvalue weighted by Crippen LogP contribution is 2.10. The Morgan fingerprint density at radius 2 is 1.77 bits per heavy atom. The molecule has 0 aliphatic carbocycles. The molecule has 0 bridgehead atoms. The van der Waals surface area contributed by atoms with Crippen LogP contribution in [0.4, 0.5) is 0 Å². The summed E-state index contributed by atoms with van der Waals surface area (Å²) in [5.74, 6) is 1.12. The number of aromatic hydroxyl groups is 1. The maximum Gasteiger partial charge on any atom is 0.220 e. The Morgan fingerprint density at radius 1 is 1.05 bits per heavy atom. The number of carbonyl (C=O) groups is 1. The first kappa shape index (κ1) is 15.9. The van der Waals surface area contributed by atoms with Gasteiger partial charge in [-0.15, -0.1) is 0 Å². The number of hydrogen-bond donors (Lipinski definition) is 2. The lowest BCUT2D eigenvalue weighted by atomic mass is 10.1. The van der Waals surface area contributed by atoms with Crippen molar-refractivity contribution in [1.82, 2.24) is 5.32 Å². The van der Waals surface area contributed by atoms with Crippen molar-refractivity contribution in [3.63, 3.8) is 0 Å². The fraction of sp³-hybridized carbons (Fsp3) is 0.278. The van der Waals surface area contributed by atoms with E-state index in [-0.39, 0.29) is 11.7 Å². The van der Waals surface area contributed by atoms with E-state index in [1.807, 2.05) is 42.5 Å². The topological polar surface area (TPSA) is 58.6 Å². The number of hydrogen-bond acceptors (Lipinski definition) is 3. The Balaban J connectivity index is 1.55. The van der Waals surface area contributed by atoms with E-state index in [4.69, 9.17) is 4.74 Å². The van der Waals surface area contributed by atoms with Crippen LogP contribution in [0.5, 0.6) is 11.5 Å². The number of nitrogens with one attached hydrogen (secondary N) is 1. The van der Waals surface area contributed by atoms with Gasteiger partial charge >= 0.3 is 0 Å². The van der Waals surface area contributed by atoms with E-state index in [2.05, 4.69) is 5.32 Å². The van der Waals surface area contributed by atoms with E-state index in [1.165, 1.54) is 0 Å². The third-order valence-electron chi connectivity index (χ3n) is 3.23. The molecule has 0 saturated carbocycles. The predicted octanol–water partition coefficient (Wildman–Crippen LogP) is 2.91. The molecule has 0 aromatic heterocycles. The second-order valence-electron chi connectivity index (χ2n) is 5.03. The Hall–Kier alpha value is -2.49. The summed E-state index contributed by atoms with van der Waals surface area (Å²) in [4.78, 5) is 11.7. The summed E-state index contributed by atoms with van der Waals surface area (Å²) in [6.45, 7) is 1.14. The second-order valence-corrected chi connectivity index (χ2v) is 5.03. The third-order valence-corrected chi connectivity index (χ3v) is 3.23. The van der Waals surface area contributed by atoms with Crippen LogP contribution in [0.3, 0.4) is 0 Å². The van der Waals surface area contributed by atoms with E-state index in [0.717, 1.165) is 17.7 Å². The molecular formula is C18H21NO3.